The van der Waals surface area contributed by atoms with Crippen molar-refractivity contribution in [3.8, 4) is 5.75 Å². The van der Waals surface area contributed by atoms with E-state index in [1.165, 1.54) is 11.8 Å². The van der Waals surface area contributed by atoms with Crippen LogP contribution in [0.15, 0.2) is 65.7 Å². The van der Waals surface area contributed by atoms with Crippen LogP contribution < -0.4 is 0 Å². The van der Waals surface area contributed by atoms with Gasteiger partial charge in [-0.2, -0.15) is 0 Å². The van der Waals surface area contributed by atoms with Crippen molar-refractivity contribution < 1.29 is 10.0 Å². The summed E-state index contributed by atoms with van der Waals surface area (Å²) in [6, 6.07) is 16.2. The number of hydrogen-bond donors (Lipinski definition) is 1. The van der Waals surface area contributed by atoms with Crippen molar-refractivity contribution in [2.45, 2.75) is 10.1 Å². The van der Waals surface area contributed by atoms with Crippen molar-refractivity contribution in [1.29, 1.82) is 0 Å². The number of hydrogen-bond acceptors (Lipinski definition) is 5. The van der Waals surface area contributed by atoms with Gasteiger partial charge in [0.25, 0.3) is 0 Å². The number of para-hydroxylation sites is 1. The van der Waals surface area contributed by atoms with Crippen LogP contribution in [-0.2, 0) is 0 Å². The summed E-state index contributed by atoms with van der Waals surface area (Å²) in [6.07, 6.45) is 1.72. The van der Waals surface area contributed by atoms with Crippen LogP contribution in [0.25, 0.3) is 10.9 Å². The predicted molar refractivity (Wildman–Crippen MR) is 90.3 cm³/mol. The van der Waals surface area contributed by atoms with Gasteiger partial charge in [-0.25, -0.2) is 0 Å². The molecule has 3 rings (SSSR count). The Labute approximate surface area is 137 Å². The van der Waals surface area contributed by atoms with Crippen LogP contribution in [0.4, 0.5) is 0 Å². The molecule has 0 bridgehead atoms. The summed E-state index contributed by atoms with van der Waals surface area (Å²) >= 11 is 1.42. The molecule has 5 nitrogen and oxygen atoms in total. The van der Waals surface area contributed by atoms with E-state index in [1.54, 1.807) is 30.5 Å². The van der Waals surface area contributed by atoms with Crippen LogP contribution in [0.1, 0.15) is 10.8 Å². The van der Waals surface area contributed by atoms with E-state index in [-0.39, 0.29) is 22.5 Å². The molecule has 1 aromatic heterocycles. The molecule has 0 spiro atoms. The van der Waals surface area contributed by atoms with E-state index in [4.69, 9.17) is 0 Å². The van der Waals surface area contributed by atoms with Crippen LogP contribution in [0.3, 0.4) is 0 Å². The molecule has 1 atom stereocenters. The zero-order valence-electron chi connectivity index (χ0n) is 12.1. The number of nitrogens with zero attached hydrogens (tertiary/aromatic N) is 2. The molecule has 23 heavy (non-hydrogen) atoms. The van der Waals surface area contributed by atoms with Gasteiger partial charge >= 0.3 is 0 Å². The summed E-state index contributed by atoms with van der Waals surface area (Å²) in [5, 5.41) is 21.1. The first-order chi connectivity index (χ1) is 11.1. The van der Waals surface area contributed by atoms with E-state index in [9.17, 15) is 15.2 Å². The maximum atomic E-state index is 11.0. The van der Waals surface area contributed by atoms with Gasteiger partial charge in [-0.1, -0.05) is 30.3 Å². The standard InChI is InChI=1S/C17H14N2O3S/c20-14-8-6-12(7-9-14)16(11-19(21)22)23-15-5-1-3-13-4-2-10-18-17(13)15/h1-10,16,20H,11H2/t16-/m0/s1. The Morgan fingerprint density at radius 3 is 2.61 bits per heavy atom. The van der Waals surface area contributed by atoms with Crippen molar-refractivity contribution in [2.75, 3.05) is 6.54 Å². The highest BCUT2D eigenvalue weighted by molar-refractivity contribution is 7.99. The molecule has 1 heterocycles. The Balaban J connectivity index is 1.97. The summed E-state index contributed by atoms with van der Waals surface area (Å²) in [7, 11) is 0. The molecule has 0 radical (unpaired) electrons. The van der Waals surface area contributed by atoms with Crippen LogP contribution >= 0.6 is 11.8 Å². The molecule has 0 fully saturated rings. The highest BCUT2D eigenvalue weighted by Crippen LogP contribution is 2.38. The molecular weight excluding hydrogens is 312 g/mol. The second kappa shape index (κ2) is 6.66. The summed E-state index contributed by atoms with van der Waals surface area (Å²) in [5.41, 5.74) is 1.64. The quantitative estimate of drug-likeness (QED) is 0.435. The third-order valence-electron chi connectivity index (χ3n) is 3.44. The third-order valence-corrected chi connectivity index (χ3v) is 4.73. The molecule has 0 amide bonds. The number of nitro groups is 1. The second-order valence-electron chi connectivity index (χ2n) is 5.04. The molecule has 0 aliphatic rings. The number of pyridine rings is 1. The van der Waals surface area contributed by atoms with Crippen molar-refractivity contribution in [2.24, 2.45) is 0 Å². The lowest BCUT2D eigenvalue weighted by molar-refractivity contribution is -0.479. The fourth-order valence-electron chi connectivity index (χ4n) is 2.36. The molecular formula is C17H14N2O3S. The maximum Gasteiger partial charge on any atom is 0.220 e. The third kappa shape index (κ3) is 3.60. The first-order valence-corrected chi connectivity index (χ1v) is 7.92. The predicted octanol–water partition coefficient (Wildman–Crippen LogP) is 4.05. The minimum Gasteiger partial charge on any atom is -0.508 e. The summed E-state index contributed by atoms with van der Waals surface area (Å²) in [5.74, 6) is 0.144. The Kier molecular flexibility index (Phi) is 4.43. The average Bonchev–Trinajstić information content (AvgIpc) is 2.55. The number of thioether (sulfide) groups is 1. The zero-order chi connectivity index (χ0) is 16.2. The van der Waals surface area contributed by atoms with E-state index in [0.29, 0.717) is 0 Å². The number of benzene rings is 2. The van der Waals surface area contributed by atoms with Gasteiger partial charge in [0.05, 0.1) is 10.8 Å². The molecule has 0 saturated carbocycles. The number of aromatic nitrogens is 1. The zero-order valence-corrected chi connectivity index (χ0v) is 12.9. The molecule has 6 heteroatoms. The SMILES string of the molecule is O=[N+]([O-])C[C@H](Sc1cccc2cccnc12)c1ccc(O)cc1. The lowest BCUT2D eigenvalue weighted by Crippen LogP contribution is -2.09. The number of phenols is 1. The Bertz CT molecular complexity index is 831. The molecule has 0 unspecified atom stereocenters. The van der Waals surface area contributed by atoms with Crippen LogP contribution in [0, 0.1) is 10.1 Å². The Morgan fingerprint density at radius 2 is 1.87 bits per heavy atom. The smallest absolute Gasteiger partial charge is 0.220 e. The van der Waals surface area contributed by atoms with Gasteiger partial charge < -0.3 is 5.11 Å². The summed E-state index contributed by atoms with van der Waals surface area (Å²) in [6.45, 7) is -0.196. The minimum absolute atomic E-state index is 0.144. The monoisotopic (exact) mass is 326 g/mol. The van der Waals surface area contributed by atoms with Gasteiger partial charge in [0.1, 0.15) is 5.75 Å². The maximum absolute atomic E-state index is 11.0. The molecule has 0 aliphatic heterocycles. The van der Waals surface area contributed by atoms with E-state index in [0.717, 1.165) is 21.4 Å². The average molecular weight is 326 g/mol. The second-order valence-corrected chi connectivity index (χ2v) is 6.29. The fourth-order valence-corrected chi connectivity index (χ4v) is 3.59. The highest BCUT2D eigenvalue weighted by Gasteiger charge is 2.20. The van der Waals surface area contributed by atoms with E-state index < -0.39 is 0 Å². The highest BCUT2D eigenvalue weighted by atomic mass is 32.2. The molecule has 1 N–H and O–H groups in total. The van der Waals surface area contributed by atoms with Gasteiger partial charge in [0.2, 0.25) is 6.54 Å². The van der Waals surface area contributed by atoms with E-state index in [1.807, 2.05) is 30.3 Å². The van der Waals surface area contributed by atoms with Gasteiger partial charge in [0, 0.05) is 21.4 Å². The number of rotatable bonds is 5. The van der Waals surface area contributed by atoms with Crippen LogP contribution in [0.5, 0.6) is 5.75 Å². The molecule has 3 aromatic rings. The first kappa shape index (κ1) is 15.3. The lowest BCUT2D eigenvalue weighted by atomic mass is 10.1. The summed E-state index contributed by atoms with van der Waals surface area (Å²) in [4.78, 5) is 16.0. The van der Waals surface area contributed by atoms with Crippen LogP contribution in [0.2, 0.25) is 0 Å². The van der Waals surface area contributed by atoms with Crippen molar-refractivity contribution in [3.05, 3.63) is 76.5 Å². The first-order valence-electron chi connectivity index (χ1n) is 7.04. The normalized spacial score (nSPS) is 12.2. The van der Waals surface area contributed by atoms with Crippen LogP contribution in [-0.4, -0.2) is 21.6 Å². The number of aromatic hydroxyl groups is 1. The fraction of sp³-hybridized carbons (Fsp3) is 0.118. The largest absolute Gasteiger partial charge is 0.508 e. The van der Waals surface area contributed by atoms with Gasteiger partial charge in [-0.05, 0) is 29.8 Å². The lowest BCUT2D eigenvalue weighted by Gasteiger charge is -2.14. The van der Waals surface area contributed by atoms with Crippen molar-refractivity contribution in [3.63, 3.8) is 0 Å². The van der Waals surface area contributed by atoms with E-state index in [2.05, 4.69) is 4.98 Å². The Morgan fingerprint density at radius 1 is 1.13 bits per heavy atom. The molecule has 116 valence electrons. The van der Waals surface area contributed by atoms with Gasteiger partial charge in [-0.3, -0.25) is 15.1 Å². The molecule has 0 aliphatic carbocycles. The topological polar surface area (TPSA) is 76.3 Å². The number of fused-ring (bicyclic) bond motifs is 1. The van der Waals surface area contributed by atoms with E-state index >= 15 is 0 Å². The van der Waals surface area contributed by atoms with Gasteiger partial charge in [-0.15, -0.1) is 11.8 Å². The minimum atomic E-state index is -0.349. The van der Waals surface area contributed by atoms with Crippen molar-refractivity contribution in [1.82, 2.24) is 4.98 Å². The molecule has 2 aromatic carbocycles. The molecule has 0 saturated heterocycles. The van der Waals surface area contributed by atoms with Crippen molar-refractivity contribution >= 4 is 22.7 Å². The number of phenolic OH excluding ortho intramolecular Hbond substituents is 1. The Hall–Kier alpha value is -2.60. The van der Waals surface area contributed by atoms with Gasteiger partial charge in [0.15, 0.2) is 0 Å². The summed E-state index contributed by atoms with van der Waals surface area (Å²) < 4.78 is 0.